The molecule has 0 aromatic heterocycles. The highest BCUT2D eigenvalue weighted by atomic mass is 35.5. The number of esters is 1. The summed E-state index contributed by atoms with van der Waals surface area (Å²) in [5.41, 5.74) is 2.17. The molecule has 2 fully saturated rings. The predicted molar refractivity (Wildman–Crippen MR) is 139 cm³/mol. The topological polar surface area (TPSA) is 79.3 Å². The molecule has 9 heteroatoms. The van der Waals surface area contributed by atoms with Crippen molar-refractivity contribution in [2.45, 2.75) is 45.7 Å². The number of phenols is 1. The van der Waals surface area contributed by atoms with Gasteiger partial charge in [0.15, 0.2) is 12.4 Å². The Bertz CT molecular complexity index is 1070. The van der Waals surface area contributed by atoms with Crippen molar-refractivity contribution >= 4 is 35.0 Å². The summed E-state index contributed by atoms with van der Waals surface area (Å²) in [7, 11) is 0. The van der Waals surface area contributed by atoms with Gasteiger partial charge in [-0.05, 0) is 83.1 Å². The lowest BCUT2D eigenvalue weighted by Gasteiger charge is -2.21. The van der Waals surface area contributed by atoms with Crippen LogP contribution >= 0.6 is 23.2 Å². The lowest BCUT2D eigenvalue weighted by Crippen LogP contribution is -2.21. The van der Waals surface area contributed by atoms with Crippen LogP contribution in [0.5, 0.6) is 11.5 Å². The van der Waals surface area contributed by atoms with Crippen LogP contribution in [0.25, 0.3) is 0 Å². The molecule has 0 bridgehead atoms. The van der Waals surface area contributed by atoms with E-state index in [1.165, 1.54) is 6.07 Å². The van der Waals surface area contributed by atoms with Gasteiger partial charge in [-0.15, -0.1) is 0 Å². The maximum Gasteiger partial charge on any atom is 0.344 e. The number of phenolic OH excluding ortho intramolecular Hbond substituents is 1. The van der Waals surface area contributed by atoms with Gasteiger partial charge in [0.05, 0.1) is 11.6 Å². The standard InChI is InChI=1S/C27H32Cl2N2O5/c1-2-35-23(32)17-36-22-8-7-21(24(28)25(22)29)27(34)18-13-19(15-30-9-3-4-10-30)26(33)20(14-18)16-31-11-5-6-12-31/h7-8,13-14,33H,2-6,9-12,15-17H2,1H3. The van der Waals surface area contributed by atoms with Crippen LogP contribution < -0.4 is 4.74 Å². The summed E-state index contributed by atoms with van der Waals surface area (Å²) in [6.45, 7) is 6.75. The van der Waals surface area contributed by atoms with Crippen molar-refractivity contribution in [1.29, 1.82) is 0 Å². The summed E-state index contributed by atoms with van der Waals surface area (Å²) < 4.78 is 10.3. The number of hydrogen-bond donors (Lipinski definition) is 1. The van der Waals surface area contributed by atoms with Crippen molar-refractivity contribution in [1.82, 2.24) is 9.80 Å². The van der Waals surface area contributed by atoms with E-state index in [-0.39, 0.29) is 46.1 Å². The minimum Gasteiger partial charge on any atom is -0.507 e. The van der Waals surface area contributed by atoms with Crippen LogP contribution in [0.15, 0.2) is 24.3 Å². The van der Waals surface area contributed by atoms with Crippen molar-refractivity contribution in [3.05, 3.63) is 56.6 Å². The molecular weight excluding hydrogens is 503 g/mol. The number of benzene rings is 2. The predicted octanol–water partition coefficient (Wildman–Crippen LogP) is 5.06. The van der Waals surface area contributed by atoms with Crippen LogP contribution in [0.3, 0.4) is 0 Å². The third-order valence-electron chi connectivity index (χ3n) is 6.66. The SMILES string of the molecule is CCOC(=O)COc1ccc(C(=O)c2cc(CN3CCCC3)c(O)c(CN3CCCC3)c2)c(Cl)c1Cl. The van der Waals surface area contributed by atoms with Gasteiger partial charge < -0.3 is 14.6 Å². The van der Waals surface area contributed by atoms with Crippen molar-refractivity contribution in [3.8, 4) is 11.5 Å². The molecule has 2 aromatic rings. The molecule has 2 aromatic carbocycles. The molecule has 0 radical (unpaired) electrons. The smallest absolute Gasteiger partial charge is 0.344 e. The Kier molecular flexibility index (Phi) is 9.12. The highest BCUT2D eigenvalue weighted by Gasteiger charge is 2.24. The first kappa shape index (κ1) is 26.7. The number of rotatable bonds is 10. The zero-order chi connectivity index (χ0) is 25.7. The fourth-order valence-electron chi connectivity index (χ4n) is 4.81. The third kappa shape index (κ3) is 6.32. The molecule has 2 heterocycles. The molecule has 194 valence electrons. The normalized spacial score (nSPS) is 16.4. The average molecular weight is 535 g/mol. The summed E-state index contributed by atoms with van der Waals surface area (Å²) in [4.78, 5) is 29.8. The maximum atomic E-state index is 13.6. The molecule has 4 rings (SSSR count). The van der Waals surface area contributed by atoms with Crippen LogP contribution in [0, 0.1) is 0 Å². The molecule has 2 aliphatic heterocycles. The number of aromatic hydroxyl groups is 1. The van der Waals surface area contributed by atoms with E-state index in [1.807, 2.05) is 0 Å². The molecule has 1 N–H and O–H groups in total. The molecule has 0 aliphatic carbocycles. The average Bonchev–Trinajstić information content (AvgIpc) is 3.57. The second-order valence-corrected chi connectivity index (χ2v) is 10.0. The second-order valence-electron chi connectivity index (χ2n) is 9.27. The number of hydrogen-bond acceptors (Lipinski definition) is 7. The Hall–Kier alpha value is -2.32. The fraction of sp³-hybridized carbons (Fsp3) is 0.481. The van der Waals surface area contributed by atoms with Crippen molar-refractivity contribution in [2.24, 2.45) is 0 Å². The molecule has 0 amide bonds. The van der Waals surface area contributed by atoms with Gasteiger partial charge in [-0.1, -0.05) is 23.2 Å². The van der Waals surface area contributed by atoms with E-state index < -0.39 is 5.97 Å². The number of nitrogens with zero attached hydrogens (tertiary/aromatic N) is 2. The number of likely N-dealkylation sites (tertiary alicyclic amines) is 2. The number of ketones is 1. The highest BCUT2D eigenvalue weighted by molar-refractivity contribution is 6.45. The van der Waals surface area contributed by atoms with Gasteiger partial charge in [0.25, 0.3) is 0 Å². The number of carbonyl (C=O) groups excluding carboxylic acids is 2. The van der Waals surface area contributed by atoms with Gasteiger partial charge in [0, 0.05) is 35.3 Å². The summed E-state index contributed by atoms with van der Waals surface area (Å²) in [6, 6.07) is 6.60. The quantitative estimate of drug-likeness (QED) is 0.337. The minimum atomic E-state index is -0.523. The Morgan fingerprint density at radius 2 is 1.47 bits per heavy atom. The van der Waals surface area contributed by atoms with Gasteiger partial charge >= 0.3 is 5.97 Å². The zero-order valence-electron chi connectivity index (χ0n) is 20.5. The Morgan fingerprint density at radius 1 is 0.917 bits per heavy atom. The van der Waals surface area contributed by atoms with Crippen LogP contribution in [0.1, 0.15) is 59.7 Å². The van der Waals surface area contributed by atoms with E-state index in [4.69, 9.17) is 32.7 Å². The maximum absolute atomic E-state index is 13.6. The Morgan fingerprint density at radius 3 is 2.00 bits per heavy atom. The van der Waals surface area contributed by atoms with E-state index in [2.05, 4.69) is 9.80 Å². The first-order valence-corrected chi connectivity index (χ1v) is 13.2. The lowest BCUT2D eigenvalue weighted by molar-refractivity contribution is -0.145. The molecule has 0 atom stereocenters. The summed E-state index contributed by atoms with van der Waals surface area (Å²) >= 11 is 12.9. The Balaban J connectivity index is 1.62. The van der Waals surface area contributed by atoms with Crippen LogP contribution in [-0.4, -0.2) is 66.1 Å². The van der Waals surface area contributed by atoms with Gasteiger partial charge in [-0.2, -0.15) is 0 Å². The molecule has 2 aliphatic rings. The molecule has 0 saturated carbocycles. The second kappa shape index (κ2) is 12.3. The molecule has 0 unspecified atom stereocenters. The van der Waals surface area contributed by atoms with Crippen LogP contribution in [-0.2, 0) is 22.6 Å². The zero-order valence-corrected chi connectivity index (χ0v) is 22.0. The molecule has 2 saturated heterocycles. The van der Waals surface area contributed by atoms with Crippen LogP contribution in [0.4, 0.5) is 0 Å². The first-order chi connectivity index (χ1) is 17.4. The monoisotopic (exact) mass is 534 g/mol. The van der Waals surface area contributed by atoms with Gasteiger partial charge in [0.1, 0.15) is 16.5 Å². The van der Waals surface area contributed by atoms with E-state index in [0.717, 1.165) is 63.0 Å². The van der Waals surface area contributed by atoms with Crippen LogP contribution in [0.2, 0.25) is 10.0 Å². The number of ether oxygens (including phenoxy) is 2. The molecule has 0 spiro atoms. The van der Waals surface area contributed by atoms with Gasteiger partial charge in [0.2, 0.25) is 0 Å². The van der Waals surface area contributed by atoms with Gasteiger partial charge in [-0.3, -0.25) is 14.6 Å². The summed E-state index contributed by atoms with van der Waals surface area (Å²) in [5.74, 6) is -0.354. The van der Waals surface area contributed by atoms with Crippen molar-refractivity contribution < 1.29 is 24.2 Å². The fourth-order valence-corrected chi connectivity index (χ4v) is 5.27. The minimum absolute atomic E-state index is 0.0540. The highest BCUT2D eigenvalue weighted by Crippen LogP contribution is 2.37. The summed E-state index contributed by atoms with van der Waals surface area (Å²) in [5, 5.41) is 11.2. The molecule has 36 heavy (non-hydrogen) atoms. The van der Waals surface area contributed by atoms with E-state index in [1.54, 1.807) is 25.1 Å². The largest absolute Gasteiger partial charge is 0.507 e. The molecule has 7 nitrogen and oxygen atoms in total. The number of carbonyl (C=O) groups is 2. The first-order valence-electron chi connectivity index (χ1n) is 12.5. The van der Waals surface area contributed by atoms with Gasteiger partial charge in [-0.25, -0.2) is 4.79 Å². The van der Waals surface area contributed by atoms with Crippen molar-refractivity contribution in [3.63, 3.8) is 0 Å². The van der Waals surface area contributed by atoms with E-state index >= 15 is 0 Å². The Labute approximate surface area is 221 Å². The summed E-state index contributed by atoms with van der Waals surface area (Å²) in [6.07, 6.45) is 4.55. The van der Waals surface area contributed by atoms with E-state index in [0.29, 0.717) is 18.7 Å². The third-order valence-corrected chi connectivity index (χ3v) is 7.52. The molecular formula is C27H32Cl2N2O5. The van der Waals surface area contributed by atoms with E-state index in [9.17, 15) is 14.7 Å². The van der Waals surface area contributed by atoms with Crippen molar-refractivity contribution in [2.75, 3.05) is 39.4 Å². The lowest BCUT2D eigenvalue weighted by atomic mass is 9.96. The number of halogens is 2.